The second kappa shape index (κ2) is 6.98. The Labute approximate surface area is 155 Å². The van der Waals surface area contributed by atoms with E-state index < -0.39 is 0 Å². The van der Waals surface area contributed by atoms with Crippen molar-refractivity contribution in [2.75, 3.05) is 31.8 Å². The van der Waals surface area contributed by atoms with Crippen LogP contribution in [0.4, 0.5) is 11.4 Å². The molecule has 0 unspecified atom stereocenters. The summed E-state index contributed by atoms with van der Waals surface area (Å²) in [5.41, 5.74) is 10.3. The van der Waals surface area contributed by atoms with Crippen LogP contribution in [-0.4, -0.2) is 31.5 Å². The molecule has 1 aliphatic rings. The Kier molecular flexibility index (Phi) is 4.96. The summed E-state index contributed by atoms with van der Waals surface area (Å²) >= 11 is 2.12. The van der Waals surface area contributed by atoms with Crippen LogP contribution >= 0.6 is 22.6 Å². The van der Waals surface area contributed by atoms with Gasteiger partial charge in [0.05, 0.1) is 12.7 Å². The highest BCUT2D eigenvalue weighted by Crippen LogP contribution is 2.29. The number of benzene rings is 2. The van der Waals surface area contributed by atoms with E-state index in [4.69, 9.17) is 10.5 Å². The second-order valence-electron chi connectivity index (χ2n) is 5.96. The van der Waals surface area contributed by atoms with Crippen molar-refractivity contribution >= 4 is 39.9 Å². The monoisotopic (exact) mass is 437 g/mol. The third-order valence-corrected chi connectivity index (χ3v) is 5.20. The molecule has 0 aromatic heterocycles. The Morgan fingerprint density at radius 3 is 2.92 bits per heavy atom. The van der Waals surface area contributed by atoms with E-state index >= 15 is 0 Å². The number of carbonyl (C=O) groups excluding carboxylic acids is 1. The first-order chi connectivity index (χ1) is 11.5. The molecule has 5 nitrogen and oxygen atoms in total. The summed E-state index contributed by atoms with van der Waals surface area (Å²) in [6, 6.07) is 9.50. The van der Waals surface area contributed by atoms with Crippen molar-refractivity contribution in [2.24, 2.45) is 0 Å². The molecule has 0 spiro atoms. The van der Waals surface area contributed by atoms with Crippen molar-refractivity contribution in [1.82, 2.24) is 4.90 Å². The molecule has 6 heteroatoms. The molecule has 126 valence electrons. The maximum Gasteiger partial charge on any atom is 0.259 e. The molecule has 0 bridgehead atoms. The first kappa shape index (κ1) is 17.0. The predicted molar refractivity (Wildman–Crippen MR) is 105 cm³/mol. The minimum atomic E-state index is -0.183. The lowest BCUT2D eigenvalue weighted by Gasteiger charge is -2.26. The molecule has 3 rings (SSSR count). The highest BCUT2D eigenvalue weighted by atomic mass is 127. The lowest BCUT2D eigenvalue weighted by atomic mass is 9.98. The molecule has 2 aromatic rings. The number of hydrogen-bond donors (Lipinski definition) is 2. The number of nitrogens with one attached hydrogen (secondary N) is 1. The van der Waals surface area contributed by atoms with Gasteiger partial charge in [-0.15, -0.1) is 0 Å². The van der Waals surface area contributed by atoms with E-state index in [0.717, 1.165) is 28.8 Å². The van der Waals surface area contributed by atoms with Crippen molar-refractivity contribution < 1.29 is 9.53 Å². The molecule has 0 saturated carbocycles. The van der Waals surface area contributed by atoms with Gasteiger partial charge in [-0.3, -0.25) is 4.79 Å². The van der Waals surface area contributed by atoms with Gasteiger partial charge in [-0.2, -0.15) is 0 Å². The Morgan fingerprint density at radius 2 is 2.17 bits per heavy atom. The fourth-order valence-electron chi connectivity index (χ4n) is 2.97. The third kappa shape index (κ3) is 3.34. The zero-order valence-corrected chi connectivity index (χ0v) is 15.9. The SMILES string of the molecule is COc1cc(N)c(I)cc1C(=O)Nc1cccc2c1CCN(C)C2. The minimum Gasteiger partial charge on any atom is -0.496 e. The number of ether oxygens (including phenoxy) is 1. The number of likely N-dealkylation sites (N-methyl/N-ethyl adjacent to an activating group) is 1. The van der Waals surface area contributed by atoms with E-state index in [1.807, 2.05) is 12.1 Å². The molecule has 0 aliphatic carbocycles. The highest BCUT2D eigenvalue weighted by Gasteiger charge is 2.19. The third-order valence-electron chi connectivity index (χ3n) is 4.27. The van der Waals surface area contributed by atoms with Gasteiger partial charge in [-0.05, 0) is 59.3 Å². The number of nitrogen functional groups attached to an aromatic ring is 1. The van der Waals surface area contributed by atoms with E-state index in [9.17, 15) is 4.79 Å². The van der Waals surface area contributed by atoms with Gasteiger partial charge < -0.3 is 20.7 Å². The van der Waals surface area contributed by atoms with Crippen LogP contribution in [0.5, 0.6) is 5.75 Å². The number of methoxy groups -OCH3 is 1. The molecule has 1 aliphatic heterocycles. The summed E-state index contributed by atoms with van der Waals surface area (Å²) in [6.45, 7) is 1.89. The summed E-state index contributed by atoms with van der Waals surface area (Å²) in [5.74, 6) is 0.298. The largest absolute Gasteiger partial charge is 0.496 e. The van der Waals surface area contributed by atoms with Gasteiger partial charge in [0.2, 0.25) is 0 Å². The molecule has 24 heavy (non-hydrogen) atoms. The van der Waals surface area contributed by atoms with E-state index in [1.54, 1.807) is 19.2 Å². The zero-order chi connectivity index (χ0) is 17.3. The summed E-state index contributed by atoms with van der Waals surface area (Å²) < 4.78 is 6.14. The Morgan fingerprint density at radius 1 is 1.38 bits per heavy atom. The van der Waals surface area contributed by atoms with E-state index in [0.29, 0.717) is 17.0 Å². The number of fused-ring (bicyclic) bond motifs is 1. The summed E-state index contributed by atoms with van der Waals surface area (Å²) in [5, 5.41) is 3.04. The molecule has 0 radical (unpaired) electrons. The average Bonchev–Trinajstić information content (AvgIpc) is 2.56. The summed E-state index contributed by atoms with van der Waals surface area (Å²) in [6.07, 6.45) is 0.929. The number of amides is 1. The van der Waals surface area contributed by atoms with Gasteiger partial charge >= 0.3 is 0 Å². The van der Waals surface area contributed by atoms with Crippen molar-refractivity contribution in [3.63, 3.8) is 0 Å². The standard InChI is InChI=1S/C18H20IN3O2/c1-22-7-6-12-11(10-22)4-3-5-16(12)21-18(23)13-8-14(19)15(20)9-17(13)24-2/h3-5,8-9H,6-7,10,20H2,1-2H3,(H,21,23). The van der Waals surface area contributed by atoms with E-state index in [2.05, 4.69) is 45.9 Å². The van der Waals surface area contributed by atoms with Crippen molar-refractivity contribution in [3.8, 4) is 5.75 Å². The van der Waals surface area contributed by atoms with Crippen LogP contribution in [-0.2, 0) is 13.0 Å². The molecular formula is C18H20IN3O2. The number of nitrogens with two attached hydrogens (primary N) is 1. The number of anilines is 2. The molecule has 0 atom stereocenters. The van der Waals surface area contributed by atoms with Crippen LogP contribution in [0.3, 0.4) is 0 Å². The van der Waals surface area contributed by atoms with Crippen molar-refractivity contribution in [2.45, 2.75) is 13.0 Å². The van der Waals surface area contributed by atoms with Crippen molar-refractivity contribution in [3.05, 3.63) is 50.6 Å². The van der Waals surface area contributed by atoms with Gasteiger partial charge in [0.15, 0.2) is 0 Å². The fourth-order valence-corrected chi connectivity index (χ4v) is 3.44. The zero-order valence-electron chi connectivity index (χ0n) is 13.7. The molecular weight excluding hydrogens is 417 g/mol. The minimum absolute atomic E-state index is 0.183. The van der Waals surface area contributed by atoms with Gasteiger partial charge in [0.1, 0.15) is 5.75 Å². The van der Waals surface area contributed by atoms with Crippen LogP contribution in [0.1, 0.15) is 21.5 Å². The molecule has 1 heterocycles. The lowest BCUT2D eigenvalue weighted by molar-refractivity contribution is 0.102. The van der Waals surface area contributed by atoms with Crippen molar-refractivity contribution in [1.29, 1.82) is 0 Å². The number of rotatable bonds is 3. The van der Waals surface area contributed by atoms with E-state index in [-0.39, 0.29) is 5.91 Å². The number of carbonyl (C=O) groups is 1. The van der Waals surface area contributed by atoms with E-state index in [1.165, 1.54) is 11.1 Å². The maximum absolute atomic E-state index is 12.8. The lowest BCUT2D eigenvalue weighted by Crippen LogP contribution is -2.27. The predicted octanol–water partition coefficient (Wildman–Crippen LogP) is 3.12. The molecule has 2 aromatic carbocycles. The van der Waals surface area contributed by atoms with Crippen LogP contribution in [0.25, 0.3) is 0 Å². The highest BCUT2D eigenvalue weighted by molar-refractivity contribution is 14.1. The Bertz CT molecular complexity index is 792. The van der Waals surface area contributed by atoms with Gasteiger partial charge in [0, 0.05) is 34.1 Å². The quantitative estimate of drug-likeness (QED) is 0.572. The van der Waals surface area contributed by atoms with Crippen LogP contribution < -0.4 is 15.8 Å². The first-order valence-corrected chi connectivity index (χ1v) is 8.81. The summed E-state index contributed by atoms with van der Waals surface area (Å²) in [7, 11) is 3.65. The van der Waals surface area contributed by atoms with Gasteiger partial charge in [-0.25, -0.2) is 0 Å². The van der Waals surface area contributed by atoms with Crippen LogP contribution in [0.15, 0.2) is 30.3 Å². The Balaban J connectivity index is 1.91. The normalized spacial score (nSPS) is 14.1. The number of hydrogen-bond acceptors (Lipinski definition) is 4. The Hall–Kier alpha value is -1.80. The fraction of sp³-hybridized carbons (Fsp3) is 0.278. The van der Waals surface area contributed by atoms with Gasteiger partial charge in [-0.1, -0.05) is 12.1 Å². The molecule has 1 amide bonds. The first-order valence-electron chi connectivity index (χ1n) is 7.73. The smallest absolute Gasteiger partial charge is 0.259 e. The van der Waals surface area contributed by atoms with Gasteiger partial charge in [0.25, 0.3) is 5.91 Å². The number of halogens is 1. The average molecular weight is 437 g/mol. The summed E-state index contributed by atoms with van der Waals surface area (Å²) in [4.78, 5) is 15.0. The van der Waals surface area contributed by atoms with Crippen LogP contribution in [0.2, 0.25) is 0 Å². The number of nitrogens with zero attached hydrogens (tertiary/aromatic N) is 1. The molecule has 0 saturated heterocycles. The molecule has 0 fully saturated rings. The topological polar surface area (TPSA) is 67.6 Å². The van der Waals surface area contributed by atoms with Crippen LogP contribution in [0, 0.1) is 3.57 Å². The second-order valence-corrected chi connectivity index (χ2v) is 7.12. The maximum atomic E-state index is 12.8. The molecule has 3 N–H and O–H groups in total.